The molecule has 3 rings (SSSR count). The second-order valence-corrected chi connectivity index (χ2v) is 3.44. The Morgan fingerprint density at radius 1 is 1.29 bits per heavy atom. The molecule has 0 N–H and O–H groups in total. The van der Waals surface area contributed by atoms with Crippen LogP contribution in [0, 0.1) is 0 Å². The topological polar surface area (TPSA) is 69.2 Å². The Morgan fingerprint density at radius 2 is 2.07 bits per heavy atom. The molecular weight excluding hydrogens is 184 g/mol. The van der Waals surface area contributed by atoms with Crippen LogP contribution in [0.2, 0.25) is 0 Å². The summed E-state index contributed by atoms with van der Waals surface area (Å²) in [4.78, 5) is 30.3. The molecule has 1 aromatic heterocycles. The Labute approximate surface area is 79.1 Å². The van der Waals surface area contributed by atoms with E-state index in [4.69, 9.17) is 0 Å². The fraction of sp³-hybridized carbons (Fsp3) is 0.333. The molecule has 14 heavy (non-hydrogen) atoms. The zero-order valence-electron chi connectivity index (χ0n) is 7.19. The molecule has 1 saturated carbocycles. The SMILES string of the molecule is O=C1OC(=O)c2nc(C3CC3)ncc21. The van der Waals surface area contributed by atoms with Crippen LogP contribution in [0.1, 0.15) is 45.4 Å². The molecule has 1 aliphatic heterocycles. The molecule has 5 nitrogen and oxygen atoms in total. The first-order valence-corrected chi connectivity index (χ1v) is 4.39. The van der Waals surface area contributed by atoms with Crippen LogP contribution in [0.4, 0.5) is 0 Å². The first-order chi connectivity index (χ1) is 6.75. The van der Waals surface area contributed by atoms with Crippen LogP contribution in [0.3, 0.4) is 0 Å². The summed E-state index contributed by atoms with van der Waals surface area (Å²) in [5.41, 5.74) is 0.298. The normalized spacial score (nSPS) is 19.4. The smallest absolute Gasteiger partial charge is 0.365 e. The minimum atomic E-state index is -0.658. The molecule has 0 saturated heterocycles. The largest absolute Gasteiger partial charge is 0.384 e. The number of fused-ring (bicyclic) bond motifs is 1. The summed E-state index contributed by atoms with van der Waals surface area (Å²) in [6, 6.07) is 0. The summed E-state index contributed by atoms with van der Waals surface area (Å²) in [6.45, 7) is 0. The van der Waals surface area contributed by atoms with Crippen molar-refractivity contribution in [2.75, 3.05) is 0 Å². The number of aromatic nitrogens is 2. The van der Waals surface area contributed by atoms with Crippen molar-refractivity contribution < 1.29 is 14.3 Å². The van der Waals surface area contributed by atoms with Crippen molar-refractivity contribution in [1.82, 2.24) is 9.97 Å². The Bertz CT molecular complexity index is 451. The first kappa shape index (κ1) is 7.61. The summed E-state index contributed by atoms with van der Waals surface area (Å²) in [7, 11) is 0. The Balaban J connectivity index is 2.13. The third-order valence-electron chi connectivity index (χ3n) is 2.35. The number of carbonyl (C=O) groups is 2. The van der Waals surface area contributed by atoms with Gasteiger partial charge in [-0.05, 0) is 12.8 Å². The van der Waals surface area contributed by atoms with E-state index in [2.05, 4.69) is 14.7 Å². The number of cyclic esters (lactones) is 2. The highest BCUT2D eigenvalue weighted by Crippen LogP contribution is 2.38. The quantitative estimate of drug-likeness (QED) is 0.480. The molecule has 1 aromatic rings. The Morgan fingerprint density at radius 3 is 2.79 bits per heavy atom. The lowest BCUT2D eigenvalue weighted by Gasteiger charge is -1.95. The molecule has 0 unspecified atom stereocenters. The lowest BCUT2D eigenvalue weighted by atomic mass is 10.2. The molecule has 5 heteroatoms. The molecule has 70 valence electrons. The molecule has 2 aliphatic rings. The third kappa shape index (κ3) is 0.951. The second kappa shape index (κ2) is 2.37. The number of nitrogens with zero attached hydrogens (tertiary/aromatic N) is 2. The average molecular weight is 190 g/mol. The van der Waals surface area contributed by atoms with Gasteiger partial charge in [0.1, 0.15) is 11.4 Å². The maximum atomic E-state index is 11.1. The van der Waals surface area contributed by atoms with Gasteiger partial charge in [0.05, 0.1) is 0 Å². The van der Waals surface area contributed by atoms with Gasteiger partial charge in [-0.25, -0.2) is 19.6 Å². The van der Waals surface area contributed by atoms with Gasteiger partial charge in [0.15, 0.2) is 5.69 Å². The van der Waals surface area contributed by atoms with E-state index in [0.29, 0.717) is 11.7 Å². The maximum Gasteiger partial charge on any atom is 0.365 e. The fourth-order valence-corrected chi connectivity index (χ4v) is 1.43. The number of hydrogen-bond donors (Lipinski definition) is 0. The lowest BCUT2D eigenvalue weighted by Crippen LogP contribution is -2.02. The van der Waals surface area contributed by atoms with Gasteiger partial charge < -0.3 is 4.74 Å². The summed E-state index contributed by atoms with van der Waals surface area (Å²) in [5.74, 6) is -0.291. The van der Waals surface area contributed by atoms with E-state index in [0.717, 1.165) is 12.8 Å². The first-order valence-electron chi connectivity index (χ1n) is 4.39. The molecule has 2 heterocycles. The Kier molecular flexibility index (Phi) is 1.29. The monoisotopic (exact) mass is 190 g/mol. The van der Waals surface area contributed by atoms with Crippen LogP contribution in [0.15, 0.2) is 6.20 Å². The standard InChI is InChI=1S/C9H6N2O3/c12-8-5-3-10-7(4-1-2-4)11-6(5)9(13)14-8/h3-4H,1-2H2. The van der Waals surface area contributed by atoms with E-state index in [1.165, 1.54) is 6.20 Å². The molecule has 0 atom stereocenters. The molecular formula is C9H6N2O3. The van der Waals surface area contributed by atoms with Crippen molar-refractivity contribution in [3.05, 3.63) is 23.3 Å². The summed E-state index contributed by atoms with van der Waals surface area (Å²) >= 11 is 0. The van der Waals surface area contributed by atoms with Gasteiger partial charge in [-0.2, -0.15) is 0 Å². The number of rotatable bonds is 1. The predicted molar refractivity (Wildman–Crippen MR) is 43.8 cm³/mol. The van der Waals surface area contributed by atoms with E-state index < -0.39 is 11.9 Å². The van der Waals surface area contributed by atoms with Gasteiger partial charge in [0.2, 0.25) is 0 Å². The number of ether oxygens (including phenoxy) is 1. The van der Waals surface area contributed by atoms with Crippen molar-refractivity contribution in [2.24, 2.45) is 0 Å². The zero-order valence-corrected chi connectivity index (χ0v) is 7.19. The minimum Gasteiger partial charge on any atom is -0.384 e. The molecule has 1 fully saturated rings. The zero-order chi connectivity index (χ0) is 9.71. The molecule has 0 amide bonds. The molecule has 0 aromatic carbocycles. The van der Waals surface area contributed by atoms with E-state index in [1.54, 1.807) is 0 Å². The highest BCUT2D eigenvalue weighted by molar-refractivity contribution is 6.13. The summed E-state index contributed by atoms with van der Waals surface area (Å²) in [6.07, 6.45) is 3.49. The van der Waals surface area contributed by atoms with Gasteiger partial charge in [0.25, 0.3) is 0 Å². The van der Waals surface area contributed by atoms with Crippen LogP contribution in [-0.2, 0) is 4.74 Å². The average Bonchev–Trinajstić information content (AvgIpc) is 2.96. The molecule has 0 radical (unpaired) electrons. The lowest BCUT2D eigenvalue weighted by molar-refractivity contribution is 0.0441. The summed E-state index contributed by atoms with van der Waals surface area (Å²) in [5, 5.41) is 0. The third-order valence-corrected chi connectivity index (χ3v) is 2.35. The summed E-state index contributed by atoms with van der Waals surface area (Å²) < 4.78 is 4.41. The van der Waals surface area contributed by atoms with Crippen LogP contribution < -0.4 is 0 Å². The van der Waals surface area contributed by atoms with Crippen molar-refractivity contribution in [3.8, 4) is 0 Å². The van der Waals surface area contributed by atoms with Gasteiger partial charge >= 0.3 is 11.9 Å². The van der Waals surface area contributed by atoms with E-state index in [-0.39, 0.29) is 11.3 Å². The predicted octanol–water partition coefficient (Wildman–Crippen LogP) is 0.665. The molecule has 0 bridgehead atoms. The van der Waals surface area contributed by atoms with Crippen LogP contribution in [0.5, 0.6) is 0 Å². The number of esters is 2. The Hall–Kier alpha value is -1.78. The van der Waals surface area contributed by atoms with Gasteiger partial charge in [-0.3, -0.25) is 0 Å². The van der Waals surface area contributed by atoms with Crippen molar-refractivity contribution in [3.63, 3.8) is 0 Å². The van der Waals surface area contributed by atoms with Gasteiger partial charge in [-0.15, -0.1) is 0 Å². The van der Waals surface area contributed by atoms with Crippen LogP contribution in [-0.4, -0.2) is 21.9 Å². The second-order valence-electron chi connectivity index (χ2n) is 3.44. The number of hydrogen-bond acceptors (Lipinski definition) is 5. The van der Waals surface area contributed by atoms with Crippen molar-refractivity contribution in [2.45, 2.75) is 18.8 Å². The minimum absolute atomic E-state index is 0.118. The van der Waals surface area contributed by atoms with E-state index in [1.807, 2.05) is 0 Å². The molecule has 1 aliphatic carbocycles. The number of carbonyl (C=O) groups excluding carboxylic acids is 2. The maximum absolute atomic E-state index is 11.1. The van der Waals surface area contributed by atoms with Crippen molar-refractivity contribution >= 4 is 11.9 Å². The van der Waals surface area contributed by atoms with Gasteiger partial charge in [-0.1, -0.05) is 0 Å². The highest BCUT2D eigenvalue weighted by atomic mass is 16.6. The van der Waals surface area contributed by atoms with Gasteiger partial charge in [0, 0.05) is 12.1 Å². The van der Waals surface area contributed by atoms with Crippen molar-refractivity contribution in [1.29, 1.82) is 0 Å². The van der Waals surface area contributed by atoms with E-state index in [9.17, 15) is 9.59 Å². The van der Waals surface area contributed by atoms with Crippen LogP contribution in [0.25, 0.3) is 0 Å². The highest BCUT2D eigenvalue weighted by Gasteiger charge is 2.35. The fourth-order valence-electron chi connectivity index (χ4n) is 1.43. The van der Waals surface area contributed by atoms with Crippen LogP contribution >= 0.6 is 0 Å². The van der Waals surface area contributed by atoms with E-state index >= 15 is 0 Å². The molecule has 0 spiro atoms.